The normalized spacial score (nSPS) is 39.9. The lowest BCUT2D eigenvalue weighted by Gasteiger charge is -2.69. The van der Waals surface area contributed by atoms with Crippen LogP contribution in [-0.2, 0) is 14.3 Å². The fourth-order valence-electron chi connectivity index (χ4n) is 11.0. The van der Waals surface area contributed by atoms with Gasteiger partial charge in [-0.2, -0.15) is 5.26 Å². The molecule has 3 N–H and O–H groups in total. The molecule has 4 aliphatic carbocycles. The molecular weight excluding hydrogens is 566 g/mol. The summed E-state index contributed by atoms with van der Waals surface area (Å²) in [5, 5.41) is 43.1. The average Bonchev–Trinajstić information content (AvgIpc) is 3.24. The number of hydrogen-bond donors (Lipinski definition) is 3. The van der Waals surface area contributed by atoms with Gasteiger partial charge in [0, 0.05) is 12.5 Å². The average molecular weight is 618 g/mol. The highest BCUT2D eigenvalue weighted by atomic mass is 16.5. The molecule has 0 aromatic heterocycles. The minimum atomic E-state index is -1.02. The van der Waals surface area contributed by atoms with Crippen molar-refractivity contribution in [1.82, 2.24) is 0 Å². The Hall–Kier alpha value is -2.95. The highest BCUT2D eigenvalue weighted by Crippen LogP contribution is 2.74. The number of benzene rings is 1. The van der Waals surface area contributed by atoms with Gasteiger partial charge in [-0.05, 0) is 134 Å². The topological polar surface area (TPSA) is 128 Å². The third kappa shape index (κ3) is 5.36. The number of ether oxygens (including phenoxy) is 1. The van der Waals surface area contributed by atoms with Crippen LogP contribution in [0.2, 0.25) is 0 Å². The number of aliphatic hydroxyl groups excluding tert-OH is 2. The molecule has 1 aromatic rings. The van der Waals surface area contributed by atoms with Crippen LogP contribution >= 0.6 is 0 Å². The van der Waals surface area contributed by atoms with E-state index in [1.165, 1.54) is 6.92 Å². The molecule has 0 spiro atoms. The fourth-order valence-corrected chi connectivity index (χ4v) is 11.0. The maximum absolute atomic E-state index is 13.1. The lowest BCUT2D eigenvalue weighted by Crippen LogP contribution is -2.65. The van der Waals surface area contributed by atoms with Crippen LogP contribution in [0.3, 0.4) is 0 Å². The summed E-state index contributed by atoms with van der Waals surface area (Å²) >= 11 is 0. The Morgan fingerprint density at radius 1 is 1.02 bits per heavy atom. The summed E-state index contributed by atoms with van der Waals surface area (Å²) in [6.45, 7) is 14.4. The Kier molecular flexibility index (Phi) is 8.92. The second kappa shape index (κ2) is 12.0. The zero-order chi connectivity index (χ0) is 33.1. The summed E-state index contributed by atoms with van der Waals surface area (Å²) in [7, 11) is 0. The molecule has 7 nitrogen and oxygen atoms in total. The first-order chi connectivity index (χ1) is 21.1. The Bertz CT molecular complexity index is 1470. The summed E-state index contributed by atoms with van der Waals surface area (Å²) in [5.74, 6) is -1.22. The van der Waals surface area contributed by atoms with E-state index < -0.39 is 24.1 Å². The zero-order valence-corrected chi connectivity index (χ0v) is 28.0. The number of esters is 1. The van der Waals surface area contributed by atoms with E-state index in [0.717, 1.165) is 42.4 Å². The highest BCUT2D eigenvalue weighted by molar-refractivity contribution is 5.89. The first-order valence-electron chi connectivity index (χ1n) is 16.8. The second-order valence-electron chi connectivity index (χ2n) is 15.5. The van der Waals surface area contributed by atoms with Gasteiger partial charge in [0.1, 0.15) is 6.10 Å². The molecule has 4 saturated carbocycles. The third-order valence-electron chi connectivity index (χ3n) is 13.2. The van der Waals surface area contributed by atoms with E-state index in [9.17, 15) is 30.2 Å². The molecule has 45 heavy (non-hydrogen) atoms. The molecule has 10 atom stereocenters. The van der Waals surface area contributed by atoms with Crippen LogP contribution < -0.4 is 0 Å². The lowest BCUT2D eigenvalue weighted by atomic mass is 9.36. The molecule has 0 heterocycles. The van der Waals surface area contributed by atoms with Crippen molar-refractivity contribution < 1.29 is 29.6 Å². The van der Waals surface area contributed by atoms with Gasteiger partial charge in [-0.1, -0.05) is 45.4 Å². The van der Waals surface area contributed by atoms with E-state index in [0.29, 0.717) is 36.3 Å². The molecule has 4 fully saturated rings. The molecule has 5 rings (SSSR count). The molecule has 0 amide bonds. The van der Waals surface area contributed by atoms with E-state index in [4.69, 9.17) is 4.74 Å². The van der Waals surface area contributed by atoms with Gasteiger partial charge in [0.15, 0.2) is 0 Å². The van der Waals surface area contributed by atoms with Gasteiger partial charge in [-0.3, -0.25) is 4.79 Å². The number of aliphatic carboxylic acids is 1. The Morgan fingerprint density at radius 2 is 1.73 bits per heavy atom. The number of hydrogen-bond acceptors (Lipinski definition) is 6. The maximum atomic E-state index is 13.1. The van der Waals surface area contributed by atoms with Crippen molar-refractivity contribution in [3.63, 3.8) is 0 Å². The van der Waals surface area contributed by atoms with E-state index in [2.05, 4.69) is 33.8 Å². The monoisotopic (exact) mass is 617 g/mol. The lowest BCUT2D eigenvalue weighted by molar-refractivity contribution is -0.234. The van der Waals surface area contributed by atoms with E-state index in [-0.39, 0.29) is 52.1 Å². The van der Waals surface area contributed by atoms with Crippen molar-refractivity contribution in [2.24, 2.45) is 39.9 Å². The Labute approximate surface area is 268 Å². The molecule has 0 aliphatic heterocycles. The summed E-state index contributed by atoms with van der Waals surface area (Å²) < 4.78 is 5.98. The number of nitrogens with zero attached hydrogens (tertiary/aromatic N) is 1. The zero-order valence-electron chi connectivity index (χ0n) is 28.0. The summed E-state index contributed by atoms with van der Waals surface area (Å²) in [4.78, 5) is 25.6. The molecule has 2 unspecified atom stereocenters. The van der Waals surface area contributed by atoms with Gasteiger partial charge < -0.3 is 20.1 Å². The second-order valence-corrected chi connectivity index (χ2v) is 15.5. The predicted molar refractivity (Wildman–Crippen MR) is 173 cm³/mol. The number of carbonyl (C=O) groups excluding carboxylic acids is 1. The van der Waals surface area contributed by atoms with Crippen LogP contribution in [0.5, 0.6) is 0 Å². The first kappa shape index (κ1) is 33.4. The predicted octanol–water partition coefficient (Wildman–Crippen LogP) is 7.07. The van der Waals surface area contributed by atoms with E-state index >= 15 is 0 Å². The van der Waals surface area contributed by atoms with Crippen molar-refractivity contribution in [3.05, 3.63) is 52.1 Å². The van der Waals surface area contributed by atoms with Crippen molar-refractivity contribution in [2.45, 2.75) is 118 Å². The van der Waals surface area contributed by atoms with Gasteiger partial charge in [-0.25, -0.2) is 4.79 Å². The fraction of sp³-hybridized carbons (Fsp3) is 0.658. The number of aliphatic hydroxyl groups is 2. The maximum Gasteiger partial charge on any atom is 0.331 e. The number of fused-ring (bicyclic) bond motifs is 5. The number of nitriles is 1. The quantitative estimate of drug-likeness (QED) is 0.230. The van der Waals surface area contributed by atoms with Gasteiger partial charge in [0.05, 0.1) is 23.8 Å². The molecule has 244 valence electrons. The van der Waals surface area contributed by atoms with Crippen LogP contribution in [0.25, 0.3) is 5.57 Å². The molecular formula is C38H51NO6. The molecule has 1 aromatic carbocycles. The smallest absolute Gasteiger partial charge is 0.331 e. The minimum Gasteiger partial charge on any atom is -0.478 e. The van der Waals surface area contributed by atoms with Crippen LogP contribution in [0.15, 0.2) is 41.0 Å². The number of allylic oxidation sites excluding steroid dienone is 2. The molecule has 7 heteroatoms. The minimum absolute atomic E-state index is 0.00440. The standard InChI is InChI=1S/C38H51NO6/c1-21(2)26(25-10-8-9-24(17-25)20-39)11-12-27(35(43)44)33-29-18-31(42)34-36(5)15-14-30(41)22(3)28(36)13-16-37(34,6)38(29,7)19-32(33)45-23(4)40/h8-10,17,22,28-32,34,41-42H,11-16,18-19H2,1-7H3,(H,43,44)/b33-27-/t22-,28?,29?,30+,31+,32-,34-,36-,37-,38-/m0/s1. The van der Waals surface area contributed by atoms with E-state index in [1.807, 2.05) is 32.0 Å². The van der Waals surface area contributed by atoms with Gasteiger partial charge in [0.25, 0.3) is 0 Å². The van der Waals surface area contributed by atoms with Gasteiger partial charge in [0.2, 0.25) is 0 Å². The van der Waals surface area contributed by atoms with Crippen molar-refractivity contribution >= 4 is 17.5 Å². The number of carboxylic acid groups (broad SMARTS) is 1. The molecule has 4 aliphatic rings. The largest absolute Gasteiger partial charge is 0.478 e. The molecule has 0 saturated heterocycles. The summed E-state index contributed by atoms with van der Waals surface area (Å²) in [6, 6.07) is 9.58. The molecule has 0 radical (unpaired) electrons. The number of carbonyl (C=O) groups is 2. The first-order valence-corrected chi connectivity index (χ1v) is 16.8. The highest BCUT2D eigenvalue weighted by Gasteiger charge is 2.70. The van der Waals surface area contributed by atoms with Crippen LogP contribution in [-0.4, -0.2) is 45.6 Å². The third-order valence-corrected chi connectivity index (χ3v) is 13.2. The van der Waals surface area contributed by atoms with Gasteiger partial charge in [-0.15, -0.1) is 0 Å². The van der Waals surface area contributed by atoms with Gasteiger partial charge >= 0.3 is 11.9 Å². The molecule has 0 bridgehead atoms. The van der Waals surface area contributed by atoms with Crippen molar-refractivity contribution in [1.29, 1.82) is 5.26 Å². The summed E-state index contributed by atoms with van der Waals surface area (Å²) in [5.41, 5.74) is 3.58. The SMILES string of the molecule is CC(=O)O[C@H]1C[C@@]2(C)C(C[C@@H](O)[C@H]3[C@@]4(C)CC[C@@H](O)[C@@H](C)C4CC[C@@]32C)/C1=C(\CCC(=C(C)C)c1cccc(C#N)c1)C(=O)O. The summed E-state index contributed by atoms with van der Waals surface area (Å²) in [6.07, 6.45) is 3.45. The van der Waals surface area contributed by atoms with Crippen LogP contribution in [0, 0.1) is 51.2 Å². The van der Waals surface area contributed by atoms with E-state index in [1.54, 1.807) is 6.07 Å². The van der Waals surface area contributed by atoms with Crippen molar-refractivity contribution in [2.75, 3.05) is 0 Å². The Balaban J connectivity index is 1.58. The number of carboxylic acids is 1. The van der Waals surface area contributed by atoms with Crippen molar-refractivity contribution in [3.8, 4) is 6.07 Å². The van der Waals surface area contributed by atoms with Crippen LogP contribution in [0.1, 0.15) is 111 Å². The Morgan fingerprint density at radius 3 is 2.36 bits per heavy atom. The van der Waals surface area contributed by atoms with Crippen LogP contribution in [0.4, 0.5) is 0 Å². The number of rotatable bonds is 6.